The average Bonchev–Trinajstić information content (AvgIpc) is 2.45. The van der Waals surface area contributed by atoms with E-state index in [1.54, 1.807) is 7.11 Å². The van der Waals surface area contributed by atoms with Crippen molar-refractivity contribution in [2.45, 2.75) is 19.4 Å². The molecule has 0 radical (unpaired) electrons. The molecule has 0 aromatic heterocycles. The molecule has 0 spiro atoms. The predicted molar refractivity (Wildman–Crippen MR) is 64.7 cm³/mol. The Balaban J connectivity index is 2.26. The first kappa shape index (κ1) is 13.2. The third-order valence-electron chi connectivity index (χ3n) is 3.00. The van der Waals surface area contributed by atoms with Gasteiger partial charge in [0.25, 0.3) is 0 Å². The highest BCUT2D eigenvalue weighted by Crippen LogP contribution is 2.04. The standard InChI is InChI=1S/C11H23ClN2O/c1-11(15-2)10-14-6-3-5-13(7-4-12)8-9-14/h11H,3-10H2,1-2H3. The molecule has 1 aliphatic rings. The minimum atomic E-state index is 0.338. The molecule has 1 heterocycles. The summed E-state index contributed by atoms with van der Waals surface area (Å²) in [4.78, 5) is 4.94. The van der Waals surface area contributed by atoms with Crippen LogP contribution in [0.25, 0.3) is 0 Å². The van der Waals surface area contributed by atoms with Crippen molar-refractivity contribution in [1.82, 2.24) is 9.80 Å². The highest BCUT2D eigenvalue weighted by atomic mass is 35.5. The van der Waals surface area contributed by atoms with Crippen LogP contribution >= 0.6 is 11.6 Å². The lowest BCUT2D eigenvalue weighted by Crippen LogP contribution is -2.36. The van der Waals surface area contributed by atoms with Gasteiger partial charge in [-0.3, -0.25) is 4.90 Å². The van der Waals surface area contributed by atoms with Gasteiger partial charge in [-0.2, -0.15) is 0 Å². The number of nitrogens with zero attached hydrogens (tertiary/aromatic N) is 2. The first-order valence-corrected chi connectivity index (χ1v) is 6.33. The van der Waals surface area contributed by atoms with Crippen LogP contribution in [0.4, 0.5) is 0 Å². The summed E-state index contributed by atoms with van der Waals surface area (Å²) in [6.45, 7) is 8.85. The summed E-state index contributed by atoms with van der Waals surface area (Å²) in [7, 11) is 1.78. The summed E-state index contributed by atoms with van der Waals surface area (Å²) in [5.41, 5.74) is 0. The van der Waals surface area contributed by atoms with Gasteiger partial charge in [-0.05, 0) is 26.4 Å². The summed E-state index contributed by atoms with van der Waals surface area (Å²) in [5.74, 6) is 0.745. The number of rotatable bonds is 5. The zero-order valence-electron chi connectivity index (χ0n) is 9.91. The Bertz CT molecular complexity index is 169. The molecule has 0 amide bonds. The van der Waals surface area contributed by atoms with Crippen LogP contribution in [0.5, 0.6) is 0 Å². The highest BCUT2D eigenvalue weighted by molar-refractivity contribution is 6.18. The van der Waals surface area contributed by atoms with Crippen molar-refractivity contribution < 1.29 is 4.74 Å². The molecule has 0 saturated carbocycles. The van der Waals surface area contributed by atoms with E-state index in [1.807, 2.05) is 0 Å². The molecule has 0 bridgehead atoms. The second-order valence-electron chi connectivity index (χ2n) is 4.23. The first-order valence-electron chi connectivity index (χ1n) is 5.79. The fourth-order valence-corrected chi connectivity index (χ4v) is 2.23. The van der Waals surface area contributed by atoms with Gasteiger partial charge in [0.1, 0.15) is 0 Å². The van der Waals surface area contributed by atoms with Crippen molar-refractivity contribution in [3.05, 3.63) is 0 Å². The molecule has 0 aromatic carbocycles. The van der Waals surface area contributed by atoms with Crippen LogP contribution < -0.4 is 0 Å². The van der Waals surface area contributed by atoms with E-state index in [2.05, 4.69) is 16.7 Å². The molecule has 1 saturated heterocycles. The Labute approximate surface area is 98.3 Å². The molecular formula is C11H23ClN2O. The van der Waals surface area contributed by atoms with Crippen molar-refractivity contribution in [3.63, 3.8) is 0 Å². The summed E-state index contributed by atoms with van der Waals surface area (Å²) < 4.78 is 5.29. The van der Waals surface area contributed by atoms with Gasteiger partial charge >= 0.3 is 0 Å². The van der Waals surface area contributed by atoms with Gasteiger partial charge in [0.05, 0.1) is 6.10 Å². The van der Waals surface area contributed by atoms with Gasteiger partial charge in [0, 0.05) is 39.2 Å². The zero-order chi connectivity index (χ0) is 11.1. The van der Waals surface area contributed by atoms with E-state index in [1.165, 1.54) is 19.5 Å². The van der Waals surface area contributed by atoms with Crippen LogP contribution in [0.3, 0.4) is 0 Å². The number of ether oxygens (including phenoxy) is 1. The summed E-state index contributed by atoms with van der Waals surface area (Å²) in [6.07, 6.45) is 1.58. The normalized spacial score (nSPS) is 22.6. The van der Waals surface area contributed by atoms with Gasteiger partial charge in [0.15, 0.2) is 0 Å². The van der Waals surface area contributed by atoms with Gasteiger partial charge in [-0.25, -0.2) is 0 Å². The number of hydrogen-bond acceptors (Lipinski definition) is 3. The maximum absolute atomic E-state index is 5.76. The van der Waals surface area contributed by atoms with E-state index < -0.39 is 0 Å². The molecule has 15 heavy (non-hydrogen) atoms. The maximum atomic E-state index is 5.76. The quantitative estimate of drug-likeness (QED) is 0.667. The third kappa shape index (κ3) is 5.16. The molecule has 1 unspecified atom stereocenters. The van der Waals surface area contributed by atoms with Crippen molar-refractivity contribution in [1.29, 1.82) is 0 Å². The monoisotopic (exact) mass is 234 g/mol. The van der Waals surface area contributed by atoms with E-state index >= 15 is 0 Å². The number of hydrogen-bond donors (Lipinski definition) is 0. The molecule has 1 fully saturated rings. The molecule has 90 valence electrons. The van der Waals surface area contributed by atoms with E-state index in [-0.39, 0.29) is 0 Å². The van der Waals surface area contributed by atoms with Crippen LogP contribution in [0.2, 0.25) is 0 Å². The Kier molecular flexibility index (Phi) is 6.57. The van der Waals surface area contributed by atoms with E-state index in [0.717, 1.165) is 32.1 Å². The largest absolute Gasteiger partial charge is 0.380 e. The molecule has 0 aromatic rings. The fraction of sp³-hybridized carbons (Fsp3) is 1.00. The minimum absolute atomic E-state index is 0.338. The maximum Gasteiger partial charge on any atom is 0.0670 e. The van der Waals surface area contributed by atoms with E-state index in [9.17, 15) is 0 Å². The molecule has 0 N–H and O–H groups in total. The first-order chi connectivity index (χ1) is 7.26. The molecule has 4 heteroatoms. The molecule has 0 aliphatic carbocycles. The van der Waals surface area contributed by atoms with Crippen molar-refractivity contribution >= 4 is 11.6 Å². The van der Waals surface area contributed by atoms with Crippen molar-refractivity contribution in [3.8, 4) is 0 Å². The topological polar surface area (TPSA) is 15.7 Å². The van der Waals surface area contributed by atoms with Crippen LogP contribution in [0, 0.1) is 0 Å². The second-order valence-corrected chi connectivity index (χ2v) is 4.61. The average molecular weight is 235 g/mol. The summed E-state index contributed by atoms with van der Waals surface area (Å²) in [6, 6.07) is 0. The molecule has 1 atom stereocenters. The molecular weight excluding hydrogens is 212 g/mol. The SMILES string of the molecule is COC(C)CN1CCCN(CCCl)CC1. The number of methoxy groups -OCH3 is 1. The Morgan fingerprint density at radius 3 is 2.53 bits per heavy atom. The van der Waals surface area contributed by atoms with Crippen LogP contribution in [-0.2, 0) is 4.74 Å². The molecule has 3 nitrogen and oxygen atoms in total. The number of halogens is 1. The van der Waals surface area contributed by atoms with E-state index in [0.29, 0.717) is 6.10 Å². The molecule has 1 aliphatic heterocycles. The van der Waals surface area contributed by atoms with Crippen molar-refractivity contribution in [2.75, 3.05) is 52.3 Å². The lowest BCUT2D eigenvalue weighted by Gasteiger charge is -2.23. The van der Waals surface area contributed by atoms with Crippen LogP contribution in [0.15, 0.2) is 0 Å². The summed E-state index contributed by atoms with van der Waals surface area (Å²) in [5, 5.41) is 0. The van der Waals surface area contributed by atoms with Gasteiger partial charge in [-0.1, -0.05) is 0 Å². The van der Waals surface area contributed by atoms with Gasteiger partial charge < -0.3 is 9.64 Å². The Morgan fingerprint density at radius 2 is 1.87 bits per heavy atom. The Hall–Kier alpha value is 0.170. The Morgan fingerprint density at radius 1 is 1.20 bits per heavy atom. The fourth-order valence-electron chi connectivity index (χ4n) is 1.99. The number of alkyl halides is 1. The summed E-state index contributed by atoms with van der Waals surface area (Å²) >= 11 is 5.76. The molecule has 1 rings (SSSR count). The predicted octanol–water partition coefficient (Wildman–Crippen LogP) is 1.27. The highest BCUT2D eigenvalue weighted by Gasteiger charge is 2.15. The minimum Gasteiger partial charge on any atom is -0.380 e. The lowest BCUT2D eigenvalue weighted by atomic mass is 10.3. The van der Waals surface area contributed by atoms with Gasteiger partial charge in [0.2, 0.25) is 0 Å². The van der Waals surface area contributed by atoms with E-state index in [4.69, 9.17) is 16.3 Å². The lowest BCUT2D eigenvalue weighted by molar-refractivity contribution is 0.0783. The zero-order valence-corrected chi connectivity index (χ0v) is 10.7. The van der Waals surface area contributed by atoms with Gasteiger partial charge in [-0.15, -0.1) is 11.6 Å². The third-order valence-corrected chi connectivity index (χ3v) is 3.17. The van der Waals surface area contributed by atoms with Crippen LogP contribution in [0.1, 0.15) is 13.3 Å². The second kappa shape index (κ2) is 7.44. The van der Waals surface area contributed by atoms with Crippen molar-refractivity contribution in [2.24, 2.45) is 0 Å². The smallest absolute Gasteiger partial charge is 0.0670 e. The van der Waals surface area contributed by atoms with Crippen LogP contribution in [-0.4, -0.2) is 68.2 Å².